The van der Waals surface area contributed by atoms with Crippen molar-refractivity contribution in [3.05, 3.63) is 52.5 Å². The molecule has 4 nitrogen and oxygen atoms in total. The van der Waals surface area contributed by atoms with E-state index in [1.807, 2.05) is 25.1 Å². The largest absolute Gasteiger partial charge is 0.495 e. The molecule has 0 bridgehead atoms. The maximum atomic E-state index is 12.1. The monoisotopic (exact) mass is 407 g/mol. The van der Waals surface area contributed by atoms with Crippen molar-refractivity contribution in [3.63, 3.8) is 0 Å². The Balaban J connectivity index is 1.67. The van der Waals surface area contributed by atoms with Crippen molar-refractivity contribution < 1.29 is 14.3 Å². The van der Waals surface area contributed by atoms with Gasteiger partial charge in [-0.1, -0.05) is 30.7 Å². The Labute approximate surface area is 170 Å². The molecule has 27 heavy (non-hydrogen) atoms. The van der Waals surface area contributed by atoms with Gasteiger partial charge in [0.2, 0.25) is 5.91 Å². The summed E-state index contributed by atoms with van der Waals surface area (Å²) < 4.78 is 11.0. The summed E-state index contributed by atoms with van der Waals surface area (Å²) in [5.74, 6) is 2.63. The fourth-order valence-electron chi connectivity index (χ4n) is 2.45. The Hall–Kier alpha value is -1.85. The normalized spacial score (nSPS) is 10.5. The van der Waals surface area contributed by atoms with Gasteiger partial charge in [0.25, 0.3) is 0 Å². The molecule has 146 valence electrons. The lowest BCUT2D eigenvalue weighted by Gasteiger charge is -2.12. The molecule has 1 amide bonds. The van der Waals surface area contributed by atoms with Gasteiger partial charge < -0.3 is 14.8 Å². The van der Waals surface area contributed by atoms with Gasteiger partial charge in [-0.15, -0.1) is 0 Å². The van der Waals surface area contributed by atoms with Crippen LogP contribution in [0.4, 0.5) is 5.69 Å². The minimum atomic E-state index is -0.0592. The fraction of sp³-hybridized carbons (Fsp3) is 0.381. The number of methoxy groups -OCH3 is 1. The summed E-state index contributed by atoms with van der Waals surface area (Å²) in [5.41, 5.74) is 2.84. The van der Waals surface area contributed by atoms with E-state index >= 15 is 0 Å². The van der Waals surface area contributed by atoms with Crippen LogP contribution < -0.4 is 14.8 Å². The van der Waals surface area contributed by atoms with E-state index in [2.05, 4.69) is 24.4 Å². The second kappa shape index (κ2) is 11.1. The number of hydrogen-bond donors (Lipinski definition) is 1. The summed E-state index contributed by atoms with van der Waals surface area (Å²) in [5, 5.41) is 3.50. The van der Waals surface area contributed by atoms with Crippen molar-refractivity contribution >= 4 is 35.0 Å². The number of thioether (sulfide) groups is 1. The van der Waals surface area contributed by atoms with E-state index < -0.39 is 0 Å². The van der Waals surface area contributed by atoms with E-state index in [9.17, 15) is 4.79 Å². The van der Waals surface area contributed by atoms with Gasteiger partial charge in [0.05, 0.1) is 25.2 Å². The van der Waals surface area contributed by atoms with Crippen LogP contribution >= 0.6 is 23.4 Å². The second-order valence-corrected chi connectivity index (χ2v) is 7.61. The smallest absolute Gasteiger partial charge is 0.234 e. The SMILES string of the molecule is CCc1ccc(OCCCSCC(=O)Nc2cc(C)c(Cl)cc2OC)cc1. The van der Waals surface area contributed by atoms with Gasteiger partial charge in [-0.3, -0.25) is 4.79 Å². The number of anilines is 1. The van der Waals surface area contributed by atoms with Crippen LogP contribution in [0.5, 0.6) is 11.5 Å². The Morgan fingerprint density at radius 3 is 2.63 bits per heavy atom. The number of nitrogens with one attached hydrogen (secondary N) is 1. The quantitative estimate of drug-likeness (QED) is 0.538. The third-order valence-corrected chi connectivity index (χ3v) is 5.47. The minimum Gasteiger partial charge on any atom is -0.495 e. The molecule has 0 atom stereocenters. The molecule has 0 aliphatic rings. The number of carbonyl (C=O) groups excluding carboxylic acids is 1. The molecule has 0 saturated carbocycles. The standard InChI is InChI=1S/C21H26ClNO3S/c1-4-16-6-8-17(9-7-16)26-10-5-11-27-14-21(24)23-19-12-15(2)18(22)13-20(19)25-3/h6-9,12-13H,4-5,10-11,14H2,1-3H3,(H,23,24). The zero-order chi connectivity index (χ0) is 19.6. The molecule has 0 saturated heterocycles. The molecule has 0 unspecified atom stereocenters. The van der Waals surface area contributed by atoms with Gasteiger partial charge in [-0.2, -0.15) is 11.8 Å². The van der Waals surface area contributed by atoms with Gasteiger partial charge in [0, 0.05) is 11.1 Å². The zero-order valence-electron chi connectivity index (χ0n) is 16.0. The van der Waals surface area contributed by atoms with Gasteiger partial charge in [-0.05, 0) is 54.8 Å². The highest BCUT2D eigenvalue weighted by molar-refractivity contribution is 7.99. The molecule has 0 heterocycles. The van der Waals surface area contributed by atoms with Crippen LogP contribution in [0.3, 0.4) is 0 Å². The van der Waals surface area contributed by atoms with Crippen molar-refractivity contribution in [2.24, 2.45) is 0 Å². The van der Waals surface area contributed by atoms with E-state index in [0.29, 0.717) is 28.8 Å². The Morgan fingerprint density at radius 1 is 1.22 bits per heavy atom. The number of halogens is 1. The predicted octanol–water partition coefficient (Wildman–Crippen LogP) is 5.36. The molecule has 0 radical (unpaired) electrons. The van der Waals surface area contributed by atoms with Crippen LogP contribution in [0.15, 0.2) is 36.4 Å². The number of amides is 1. The Bertz CT molecular complexity index is 750. The van der Waals surface area contributed by atoms with Crippen LogP contribution in [-0.4, -0.2) is 31.1 Å². The van der Waals surface area contributed by atoms with Crippen molar-refractivity contribution in [2.75, 3.05) is 30.5 Å². The highest BCUT2D eigenvalue weighted by Crippen LogP contribution is 2.31. The number of carbonyl (C=O) groups is 1. The molecular formula is C21H26ClNO3S. The summed E-state index contributed by atoms with van der Waals surface area (Å²) in [6.45, 7) is 4.67. The molecule has 0 spiro atoms. The van der Waals surface area contributed by atoms with Crippen LogP contribution in [-0.2, 0) is 11.2 Å². The molecule has 0 aliphatic heterocycles. The van der Waals surface area contributed by atoms with Crippen LogP contribution in [0.2, 0.25) is 5.02 Å². The average molecular weight is 408 g/mol. The van der Waals surface area contributed by atoms with E-state index in [-0.39, 0.29) is 5.91 Å². The third-order valence-electron chi connectivity index (χ3n) is 4.02. The summed E-state index contributed by atoms with van der Waals surface area (Å²) in [6.07, 6.45) is 1.91. The molecular weight excluding hydrogens is 382 g/mol. The maximum absolute atomic E-state index is 12.1. The van der Waals surface area contributed by atoms with Crippen molar-refractivity contribution in [1.82, 2.24) is 0 Å². The van der Waals surface area contributed by atoms with E-state index in [1.165, 1.54) is 5.56 Å². The average Bonchev–Trinajstić information content (AvgIpc) is 2.67. The van der Waals surface area contributed by atoms with E-state index in [0.717, 1.165) is 29.9 Å². The molecule has 2 aromatic carbocycles. The lowest BCUT2D eigenvalue weighted by Crippen LogP contribution is -2.15. The first-order chi connectivity index (χ1) is 13.0. The Morgan fingerprint density at radius 2 is 1.96 bits per heavy atom. The maximum Gasteiger partial charge on any atom is 0.234 e. The van der Waals surface area contributed by atoms with Gasteiger partial charge >= 0.3 is 0 Å². The minimum absolute atomic E-state index is 0.0592. The molecule has 2 rings (SSSR count). The van der Waals surface area contributed by atoms with Crippen molar-refractivity contribution in [1.29, 1.82) is 0 Å². The van der Waals surface area contributed by atoms with Crippen molar-refractivity contribution in [2.45, 2.75) is 26.7 Å². The molecule has 0 fully saturated rings. The number of aryl methyl sites for hydroxylation is 2. The predicted molar refractivity (Wildman–Crippen MR) is 115 cm³/mol. The molecule has 6 heteroatoms. The first kappa shape index (κ1) is 21.5. The van der Waals surface area contributed by atoms with Gasteiger partial charge in [0.1, 0.15) is 11.5 Å². The number of hydrogen-bond acceptors (Lipinski definition) is 4. The van der Waals surface area contributed by atoms with Gasteiger partial charge in [-0.25, -0.2) is 0 Å². The van der Waals surface area contributed by atoms with Crippen LogP contribution in [0.25, 0.3) is 0 Å². The van der Waals surface area contributed by atoms with Gasteiger partial charge in [0.15, 0.2) is 0 Å². The second-order valence-electron chi connectivity index (χ2n) is 6.10. The first-order valence-electron chi connectivity index (χ1n) is 8.97. The highest BCUT2D eigenvalue weighted by atomic mass is 35.5. The molecule has 0 aromatic heterocycles. The summed E-state index contributed by atoms with van der Waals surface area (Å²) in [7, 11) is 1.56. The lowest BCUT2D eigenvalue weighted by atomic mass is 10.2. The summed E-state index contributed by atoms with van der Waals surface area (Å²) in [4.78, 5) is 12.1. The number of benzene rings is 2. The van der Waals surface area contributed by atoms with E-state index in [1.54, 1.807) is 24.9 Å². The topological polar surface area (TPSA) is 47.6 Å². The fourth-order valence-corrected chi connectivity index (χ4v) is 3.33. The van der Waals surface area contributed by atoms with E-state index in [4.69, 9.17) is 21.1 Å². The summed E-state index contributed by atoms with van der Waals surface area (Å²) in [6, 6.07) is 11.7. The van der Waals surface area contributed by atoms with Crippen LogP contribution in [0.1, 0.15) is 24.5 Å². The third kappa shape index (κ3) is 7.00. The zero-order valence-corrected chi connectivity index (χ0v) is 17.6. The molecule has 1 N–H and O–H groups in total. The molecule has 2 aromatic rings. The molecule has 0 aliphatic carbocycles. The number of ether oxygens (including phenoxy) is 2. The number of rotatable bonds is 10. The summed E-state index contributed by atoms with van der Waals surface area (Å²) >= 11 is 7.67. The first-order valence-corrected chi connectivity index (χ1v) is 10.5. The van der Waals surface area contributed by atoms with Crippen molar-refractivity contribution in [3.8, 4) is 11.5 Å². The Kier molecular flexibility index (Phi) is 8.82. The lowest BCUT2D eigenvalue weighted by molar-refractivity contribution is -0.113. The van der Waals surface area contributed by atoms with Crippen LogP contribution in [0, 0.1) is 6.92 Å². The highest BCUT2D eigenvalue weighted by Gasteiger charge is 2.10.